The third-order valence-electron chi connectivity index (χ3n) is 2.62. The number of primary sulfonamides is 1. The summed E-state index contributed by atoms with van der Waals surface area (Å²) >= 11 is 3.29. The molecule has 130 valence electrons. The van der Waals surface area contributed by atoms with Crippen LogP contribution in [-0.4, -0.2) is 32.7 Å². The van der Waals surface area contributed by atoms with Crippen molar-refractivity contribution in [3.63, 3.8) is 0 Å². The Labute approximate surface area is 145 Å². The molecule has 1 aromatic carbocycles. The Morgan fingerprint density at radius 3 is 2.48 bits per heavy atom. The van der Waals surface area contributed by atoms with Crippen LogP contribution < -0.4 is 15.8 Å². The largest absolute Gasteiger partial charge is 0.444 e. The minimum absolute atomic E-state index is 0.0226. The van der Waals surface area contributed by atoms with Gasteiger partial charge >= 0.3 is 6.09 Å². The zero-order chi connectivity index (χ0) is 17.8. The highest BCUT2D eigenvalue weighted by Gasteiger charge is 2.17. The lowest BCUT2D eigenvalue weighted by Crippen LogP contribution is -2.38. The standard InChI is InChI=1S/C14H22BrN3O4S/c1-9(8-17-13(19)22-14(2,3)4)18-12-6-5-10(7-11(12)15)23(16,20)21/h5-7,9,18H,8H2,1-4H3,(H,17,19)(H2,16,20,21). The quantitative estimate of drug-likeness (QED) is 0.693. The summed E-state index contributed by atoms with van der Waals surface area (Å²) in [6.07, 6.45) is -0.491. The van der Waals surface area contributed by atoms with Crippen molar-refractivity contribution in [3.8, 4) is 0 Å². The first kappa shape index (κ1) is 19.7. The average Bonchev–Trinajstić information content (AvgIpc) is 2.35. The van der Waals surface area contributed by atoms with Crippen molar-refractivity contribution in [3.05, 3.63) is 22.7 Å². The molecule has 0 spiro atoms. The van der Waals surface area contributed by atoms with Gasteiger partial charge in [-0.25, -0.2) is 18.4 Å². The van der Waals surface area contributed by atoms with E-state index in [1.165, 1.54) is 12.1 Å². The van der Waals surface area contributed by atoms with E-state index < -0.39 is 21.7 Å². The maximum absolute atomic E-state index is 11.6. The van der Waals surface area contributed by atoms with Crippen molar-refractivity contribution < 1.29 is 17.9 Å². The number of carbonyl (C=O) groups excluding carboxylic acids is 1. The predicted octanol–water partition coefficient (Wildman–Crippen LogP) is 2.42. The molecule has 0 aromatic heterocycles. The summed E-state index contributed by atoms with van der Waals surface area (Å²) in [7, 11) is -3.74. The molecule has 0 bridgehead atoms. The molecule has 1 aromatic rings. The molecule has 9 heteroatoms. The molecule has 0 fully saturated rings. The van der Waals surface area contributed by atoms with E-state index in [-0.39, 0.29) is 10.9 Å². The second-order valence-corrected chi connectivity index (χ2v) is 8.53. The number of benzene rings is 1. The zero-order valence-corrected chi connectivity index (χ0v) is 15.9. The monoisotopic (exact) mass is 407 g/mol. The molecule has 1 atom stereocenters. The summed E-state index contributed by atoms with van der Waals surface area (Å²) in [6.45, 7) is 7.59. The summed E-state index contributed by atoms with van der Waals surface area (Å²) in [5.41, 5.74) is 0.142. The van der Waals surface area contributed by atoms with Gasteiger partial charge in [0.05, 0.1) is 4.90 Å². The minimum atomic E-state index is -3.74. The van der Waals surface area contributed by atoms with Gasteiger partial charge in [-0.15, -0.1) is 0 Å². The molecule has 7 nitrogen and oxygen atoms in total. The highest BCUT2D eigenvalue weighted by molar-refractivity contribution is 9.10. The lowest BCUT2D eigenvalue weighted by molar-refractivity contribution is 0.0526. The van der Waals surface area contributed by atoms with E-state index in [9.17, 15) is 13.2 Å². The normalized spacial score (nSPS) is 13.3. The van der Waals surface area contributed by atoms with Crippen molar-refractivity contribution in [1.82, 2.24) is 5.32 Å². The van der Waals surface area contributed by atoms with E-state index in [1.807, 2.05) is 6.92 Å². The number of anilines is 1. The molecule has 0 aliphatic rings. The van der Waals surface area contributed by atoms with E-state index in [0.29, 0.717) is 16.7 Å². The van der Waals surface area contributed by atoms with Crippen LogP contribution in [0.15, 0.2) is 27.6 Å². The second kappa shape index (κ2) is 7.50. The van der Waals surface area contributed by atoms with Crippen molar-refractivity contribution in [2.75, 3.05) is 11.9 Å². The number of halogens is 1. The van der Waals surface area contributed by atoms with E-state index >= 15 is 0 Å². The van der Waals surface area contributed by atoms with Crippen LogP contribution in [0.5, 0.6) is 0 Å². The van der Waals surface area contributed by atoms with Crippen molar-refractivity contribution in [1.29, 1.82) is 0 Å². The van der Waals surface area contributed by atoms with Crippen LogP contribution in [0, 0.1) is 0 Å². The number of rotatable bonds is 5. The topological polar surface area (TPSA) is 111 Å². The number of carbonyl (C=O) groups is 1. The van der Waals surface area contributed by atoms with Gasteiger partial charge < -0.3 is 15.4 Å². The zero-order valence-electron chi connectivity index (χ0n) is 13.5. The molecule has 0 radical (unpaired) electrons. The van der Waals surface area contributed by atoms with Gasteiger partial charge in [0.1, 0.15) is 5.60 Å². The predicted molar refractivity (Wildman–Crippen MR) is 92.8 cm³/mol. The molecule has 0 aliphatic heterocycles. The number of nitrogens with two attached hydrogens (primary N) is 1. The van der Waals surface area contributed by atoms with Gasteiger partial charge in [-0.3, -0.25) is 0 Å². The van der Waals surface area contributed by atoms with Crippen LogP contribution in [-0.2, 0) is 14.8 Å². The number of alkyl carbamates (subject to hydrolysis) is 1. The lowest BCUT2D eigenvalue weighted by Gasteiger charge is -2.21. The van der Waals surface area contributed by atoms with E-state index in [2.05, 4.69) is 26.6 Å². The van der Waals surface area contributed by atoms with Gasteiger partial charge in [-0.05, 0) is 61.8 Å². The Morgan fingerprint density at radius 1 is 1.39 bits per heavy atom. The molecule has 0 saturated carbocycles. The Balaban J connectivity index is 2.61. The molecule has 0 saturated heterocycles. The van der Waals surface area contributed by atoms with Crippen molar-refractivity contribution in [2.24, 2.45) is 5.14 Å². The maximum atomic E-state index is 11.6. The van der Waals surface area contributed by atoms with Gasteiger partial charge in [0.15, 0.2) is 0 Å². The van der Waals surface area contributed by atoms with Crippen LogP contribution in [0.4, 0.5) is 10.5 Å². The molecule has 23 heavy (non-hydrogen) atoms. The summed E-state index contributed by atoms with van der Waals surface area (Å²) in [5, 5.41) is 10.9. The third kappa shape index (κ3) is 7.19. The van der Waals surface area contributed by atoms with Crippen LogP contribution in [0.1, 0.15) is 27.7 Å². The lowest BCUT2D eigenvalue weighted by atomic mass is 10.2. The van der Waals surface area contributed by atoms with E-state index in [4.69, 9.17) is 9.88 Å². The Bertz CT molecular complexity index is 671. The Kier molecular flexibility index (Phi) is 6.43. The Hall–Kier alpha value is -1.32. The van der Waals surface area contributed by atoms with Crippen LogP contribution >= 0.6 is 15.9 Å². The third-order valence-corrected chi connectivity index (χ3v) is 4.19. The number of hydrogen-bond acceptors (Lipinski definition) is 5. The molecular weight excluding hydrogens is 386 g/mol. The molecule has 1 unspecified atom stereocenters. The van der Waals surface area contributed by atoms with Gasteiger partial charge in [-0.1, -0.05) is 0 Å². The van der Waals surface area contributed by atoms with Crippen LogP contribution in [0.2, 0.25) is 0 Å². The number of ether oxygens (including phenoxy) is 1. The summed E-state index contributed by atoms with van der Waals surface area (Å²) < 4.78 is 28.3. The van der Waals surface area contributed by atoms with Crippen LogP contribution in [0.3, 0.4) is 0 Å². The molecule has 1 amide bonds. The minimum Gasteiger partial charge on any atom is -0.444 e. The first-order valence-corrected chi connectivity index (χ1v) is 9.28. The summed E-state index contributed by atoms with van der Waals surface area (Å²) in [4.78, 5) is 11.6. The highest BCUT2D eigenvalue weighted by atomic mass is 79.9. The summed E-state index contributed by atoms with van der Waals surface area (Å²) in [5.74, 6) is 0. The maximum Gasteiger partial charge on any atom is 0.407 e. The van der Waals surface area contributed by atoms with Crippen LogP contribution in [0.25, 0.3) is 0 Å². The van der Waals surface area contributed by atoms with Gasteiger partial charge in [0.25, 0.3) is 0 Å². The van der Waals surface area contributed by atoms with Crippen molar-refractivity contribution >= 4 is 37.7 Å². The number of sulfonamides is 1. The first-order chi connectivity index (χ1) is 10.4. The Morgan fingerprint density at radius 2 is 2.00 bits per heavy atom. The average molecular weight is 408 g/mol. The SMILES string of the molecule is CC(CNC(=O)OC(C)(C)C)Nc1ccc(S(N)(=O)=O)cc1Br. The smallest absolute Gasteiger partial charge is 0.407 e. The first-order valence-electron chi connectivity index (χ1n) is 6.94. The van der Waals surface area contributed by atoms with Crippen molar-refractivity contribution in [2.45, 2.75) is 44.2 Å². The van der Waals surface area contributed by atoms with Gasteiger partial charge in [0.2, 0.25) is 10.0 Å². The molecule has 1 rings (SSSR count). The highest BCUT2D eigenvalue weighted by Crippen LogP contribution is 2.25. The molecule has 4 N–H and O–H groups in total. The molecule has 0 heterocycles. The number of hydrogen-bond donors (Lipinski definition) is 3. The van der Waals surface area contributed by atoms with E-state index in [1.54, 1.807) is 26.8 Å². The molecular formula is C14H22BrN3O4S. The number of nitrogens with one attached hydrogen (secondary N) is 2. The van der Waals surface area contributed by atoms with E-state index in [0.717, 1.165) is 0 Å². The second-order valence-electron chi connectivity index (χ2n) is 6.11. The summed E-state index contributed by atoms with van der Waals surface area (Å²) in [6, 6.07) is 4.34. The fraction of sp³-hybridized carbons (Fsp3) is 0.500. The fourth-order valence-corrected chi connectivity index (χ4v) is 2.84. The van der Waals surface area contributed by atoms with Gasteiger partial charge in [-0.2, -0.15) is 0 Å². The molecule has 0 aliphatic carbocycles. The van der Waals surface area contributed by atoms with Gasteiger partial charge in [0, 0.05) is 22.7 Å². The number of amides is 1. The fourth-order valence-electron chi connectivity index (χ4n) is 1.66.